The van der Waals surface area contributed by atoms with E-state index >= 15 is 0 Å². The van der Waals surface area contributed by atoms with Crippen LogP contribution in [0.1, 0.15) is 16.9 Å². The van der Waals surface area contributed by atoms with E-state index in [-0.39, 0.29) is 16.3 Å². The summed E-state index contributed by atoms with van der Waals surface area (Å²) >= 11 is 0. The molecule has 0 saturated carbocycles. The summed E-state index contributed by atoms with van der Waals surface area (Å²) in [7, 11) is -3.77. The molecule has 5 rings (SSSR count). The molecule has 3 heterocycles. The van der Waals surface area contributed by atoms with E-state index in [4.69, 9.17) is 4.42 Å². The van der Waals surface area contributed by atoms with Crippen LogP contribution in [-0.4, -0.2) is 40.8 Å². The second kappa shape index (κ2) is 7.28. The predicted molar refractivity (Wildman–Crippen MR) is 112 cm³/mol. The topological polar surface area (TPSA) is 106 Å². The van der Waals surface area contributed by atoms with Crippen LogP contribution in [0.5, 0.6) is 0 Å². The van der Waals surface area contributed by atoms with Crippen LogP contribution in [0.25, 0.3) is 11.0 Å². The largest absolute Gasteiger partial charge is 0.465 e. The fourth-order valence-electron chi connectivity index (χ4n) is 3.96. The zero-order valence-electron chi connectivity index (χ0n) is 16.4. The summed E-state index contributed by atoms with van der Waals surface area (Å²) in [6, 6.07) is 13.3. The lowest BCUT2D eigenvalue weighted by Gasteiger charge is -2.23. The number of fused-ring (bicyclic) bond motifs is 3. The van der Waals surface area contributed by atoms with E-state index in [1.807, 2.05) is 0 Å². The highest BCUT2D eigenvalue weighted by Crippen LogP contribution is 2.36. The molecule has 0 aliphatic carbocycles. The number of carbonyl (C=O) groups is 1. The maximum absolute atomic E-state index is 13.3. The van der Waals surface area contributed by atoms with Crippen molar-refractivity contribution in [3.8, 4) is 0 Å². The Morgan fingerprint density at radius 2 is 1.94 bits per heavy atom. The lowest BCUT2D eigenvalue weighted by atomic mass is 10.0. The van der Waals surface area contributed by atoms with E-state index in [9.17, 15) is 18.3 Å². The smallest absolute Gasteiger partial charge is 0.407 e. The van der Waals surface area contributed by atoms with Gasteiger partial charge in [0.1, 0.15) is 11.3 Å². The van der Waals surface area contributed by atoms with Gasteiger partial charge in [-0.05, 0) is 30.3 Å². The van der Waals surface area contributed by atoms with Crippen molar-refractivity contribution in [1.82, 2.24) is 14.7 Å². The van der Waals surface area contributed by atoms with Gasteiger partial charge in [0.25, 0.3) is 0 Å². The first-order chi connectivity index (χ1) is 14.9. The van der Waals surface area contributed by atoms with Crippen LogP contribution in [0.4, 0.5) is 4.79 Å². The summed E-state index contributed by atoms with van der Waals surface area (Å²) < 4.78 is 34.5. The van der Waals surface area contributed by atoms with Gasteiger partial charge < -0.3 is 14.4 Å². The quantitative estimate of drug-likeness (QED) is 0.523. The molecule has 1 aliphatic heterocycles. The van der Waals surface area contributed by atoms with Gasteiger partial charge in [-0.3, -0.25) is 4.68 Å². The summed E-state index contributed by atoms with van der Waals surface area (Å²) in [6.07, 6.45) is 2.88. The molecule has 0 radical (unpaired) electrons. The van der Waals surface area contributed by atoms with Crippen LogP contribution < -0.4 is 0 Å². The zero-order chi connectivity index (χ0) is 21.6. The fraction of sp³-hybridized carbons (Fsp3) is 0.182. The van der Waals surface area contributed by atoms with Crippen LogP contribution >= 0.6 is 0 Å². The lowest BCUT2D eigenvalue weighted by Crippen LogP contribution is -2.34. The molecule has 0 saturated heterocycles. The molecule has 1 amide bonds. The molecule has 0 fully saturated rings. The minimum absolute atomic E-state index is 0.143. The summed E-state index contributed by atoms with van der Waals surface area (Å²) in [6.45, 7) is 0.830. The number of hydrogen-bond donors (Lipinski definition) is 1. The predicted octanol–water partition coefficient (Wildman–Crippen LogP) is 3.55. The van der Waals surface area contributed by atoms with Gasteiger partial charge in [-0.1, -0.05) is 18.2 Å². The average Bonchev–Trinajstić information content (AvgIpc) is 3.41. The van der Waals surface area contributed by atoms with Crippen LogP contribution in [0, 0.1) is 0 Å². The third-order valence-corrected chi connectivity index (χ3v) is 7.26. The second-order valence-corrected chi connectivity index (χ2v) is 9.39. The fourth-order valence-corrected chi connectivity index (χ4v) is 5.32. The molecule has 8 nitrogen and oxygen atoms in total. The molecule has 9 heteroatoms. The van der Waals surface area contributed by atoms with Crippen LogP contribution in [0.3, 0.4) is 0 Å². The number of carboxylic acid groups (broad SMARTS) is 1. The molecule has 2 aromatic carbocycles. The molecule has 2 aromatic heterocycles. The number of sulfone groups is 1. The molecule has 0 spiro atoms. The highest BCUT2D eigenvalue weighted by Gasteiger charge is 2.28. The minimum atomic E-state index is -3.77. The zero-order valence-corrected chi connectivity index (χ0v) is 17.2. The van der Waals surface area contributed by atoms with Gasteiger partial charge in [0.2, 0.25) is 9.84 Å². The van der Waals surface area contributed by atoms with Crippen molar-refractivity contribution in [3.63, 3.8) is 0 Å². The van der Waals surface area contributed by atoms with Crippen LogP contribution in [-0.2, 0) is 29.3 Å². The number of hydrogen-bond acceptors (Lipinski definition) is 5. The number of benzene rings is 2. The standard InChI is InChI=1S/C22H19N3O5S/c26-22(27)24-10-7-20-19(14-24)18-12-17(31(28,29)16-5-2-1-3-6-16)11-15(21(18)30-20)13-25-9-4-8-23-25/h1-6,8-9,11-12H,7,10,13-14H2,(H,26,27). The monoisotopic (exact) mass is 437 g/mol. The average molecular weight is 437 g/mol. The van der Waals surface area contributed by atoms with Gasteiger partial charge in [0.15, 0.2) is 0 Å². The van der Waals surface area contributed by atoms with Crippen molar-refractivity contribution >= 4 is 26.9 Å². The summed E-state index contributed by atoms with van der Waals surface area (Å²) in [4.78, 5) is 13.1. The Bertz CT molecular complexity index is 1380. The van der Waals surface area contributed by atoms with Gasteiger partial charge in [0.05, 0.1) is 22.9 Å². The molecular formula is C22H19N3O5S. The highest BCUT2D eigenvalue weighted by atomic mass is 32.2. The number of amides is 1. The van der Waals surface area contributed by atoms with Crippen molar-refractivity contribution in [2.75, 3.05) is 6.54 Å². The van der Waals surface area contributed by atoms with Crippen LogP contribution in [0.15, 0.2) is 75.1 Å². The van der Waals surface area contributed by atoms with Gasteiger partial charge >= 0.3 is 6.09 Å². The molecule has 0 unspecified atom stereocenters. The second-order valence-electron chi connectivity index (χ2n) is 7.44. The Hall–Kier alpha value is -3.59. The summed E-state index contributed by atoms with van der Waals surface area (Å²) in [5.74, 6) is 0.698. The highest BCUT2D eigenvalue weighted by molar-refractivity contribution is 7.91. The van der Waals surface area contributed by atoms with E-state index in [1.54, 1.807) is 65.6 Å². The maximum atomic E-state index is 13.3. The summed E-state index contributed by atoms with van der Waals surface area (Å²) in [5.41, 5.74) is 1.96. The van der Waals surface area contributed by atoms with Gasteiger partial charge in [-0.25, -0.2) is 13.2 Å². The number of aromatic nitrogens is 2. The van der Waals surface area contributed by atoms with Crippen molar-refractivity contribution in [2.45, 2.75) is 29.3 Å². The molecule has 1 N–H and O–H groups in total. The molecule has 0 bridgehead atoms. The molecule has 4 aromatic rings. The Balaban J connectivity index is 1.72. The van der Waals surface area contributed by atoms with E-state index in [0.29, 0.717) is 41.8 Å². The summed E-state index contributed by atoms with van der Waals surface area (Å²) in [5, 5.41) is 14.3. The Morgan fingerprint density at radius 3 is 2.65 bits per heavy atom. The number of rotatable bonds is 4. The third-order valence-electron chi connectivity index (χ3n) is 5.51. The first kappa shape index (κ1) is 19.4. The van der Waals surface area contributed by atoms with E-state index in [2.05, 4.69) is 5.10 Å². The SMILES string of the molecule is O=C(O)N1CCc2oc3c(Cn4cccn4)cc(S(=O)(=O)c4ccccc4)cc3c2C1. The molecule has 31 heavy (non-hydrogen) atoms. The van der Waals surface area contributed by atoms with Crippen molar-refractivity contribution in [2.24, 2.45) is 0 Å². The van der Waals surface area contributed by atoms with Gasteiger partial charge in [-0.15, -0.1) is 0 Å². The molecule has 1 aliphatic rings. The Morgan fingerprint density at radius 1 is 1.13 bits per heavy atom. The third kappa shape index (κ3) is 3.36. The first-order valence-corrected chi connectivity index (χ1v) is 11.2. The molecule has 0 atom stereocenters. The number of furan rings is 1. The lowest BCUT2D eigenvalue weighted by molar-refractivity contribution is 0.138. The van der Waals surface area contributed by atoms with E-state index < -0.39 is 15.9 Å². The number of nitrogens with zero attached hydrogens (tertiary/aromatic N) is 3. The van der Waals surface area contributed by atoms with Gasteiger partial charge in [-0.2, -0.15) is 5.10 Å². The minimum Gasteiger partial charge on any atom is -0.465 e. The van der Waals surface area contributed by atoms with Crippen molar-refractivity contribution in [1.29, 1.82) is 0 Å². The van der Waals surface area contributed by atoms with Crippen LogP contribution in [0.2, 0.25) is 0 Å². The Kier molecular flexibility index (Phi) is 4.55. The molecule has 158 valence electrons. The van der Waals surface area contributed by atoms with E-state index in [0.717, 1.165) is 5.56 Å². The van der Waals surface area contributed by atoms with Gasteiger partial charge in [0, 0.05) is 41.9 Å². The molecular weight excluding hydrogens is 418 g/mol. The normalized spacial score (nSPS) is 14.0. The van der Waals surface area contributed by atoms with E-state index in [1.165, 1.54) is 4.90 Å². The Labute approximate surface area is 178 Å². The maximum Gasteiger partial charge on any atom is 0.407 e. The van der Waals surface area contributed by atoms with Crippen molar-refractivity contribution < 1.29 is 22.7 Å². The van der Waals surface area contributed by atoms with Crippen molar-refractivity contribution in [3.05, 3.63) is 77.8 Å². The first-order valence-electron chi connectivity index (χ1n) is 9.76.